The lowest BCUT2D eigenvalue weighted by Gasteiger charge is -2.26. The number of carbonyl (C=O) groups is 2. The first kappa shape index (κ1) is 26.6. The monoisotopic (exact) mass is 486 g/mol. The number of likely N-dealkylation sites (N-methyl/N-ethyl adjacent to an activating group) is 1. The number of nitrogens with one attached hydrogen (secondary N) is 1. The largest absolute Gasteiger partial charge is 0.453 e. The lowest BCUT2D eigenvalue weighted by molar-refractivity contribution is -0.157. The number of esters is 1. The predicted octanol–water partition coefficient (Wildman–Crippen LogP) is 1.51. The molecule has 1 N–H and O–H groups in total. The van der Waals surface area contributed by atoms with Crippen molar-refractivity contribution in [3.8, 4) is 0 Å². The predicted molar refractivity (Wildman–Crippen MR) is 111 cm³/mol. The van der Waals surface area contributed by atoms with E-state index >= 15 is 0 Å². The number of hydrogen-bond acceptors (Lipinski definition) is 7. The van der Waals surface area contributed by atoms with Gasteiger partial charge in [-0.05, 0) is 31.8 Å². The first-order valence-corrected chi connectivity index (χ1v) is 11.6. The van der Waals surface area contributed by atoms with Crippen LogP contribution in [0.1, 0.15) is 11.7 Å². The molecule has 1 aromatic rings. The van der Waals surface area contributed by atoms with Crippen LogP contribution in [-0.2, 0) is 28.9 Å². The van der Waals surface area contributed by atoms with Crippen molar-refractivity contribution in [3.05, 3.63) is 29.8 Å². The summed E-state index contributed by atoms with van der Waals surface area (Å²) in [6.07, 6.45) is -0.222. The summed E-state index contributed by atoms with van der Waals surface area (Å²) in [6.45, 7) is -0.620. The van der Waals surface area contributed by atoms with Gasteiger partial charge in [0.1, 0.15) is 19.4 Å². The number of rotatable bonds is 12. The highest BCUT2D eigenvalue weighted by Crippen LogP contribution is 2.24. The van der Waals surface area contributed by atoms with Gasteiger partial charge in [-0.15, -0.1) is 0 Å². The van der Waals surface area contributed by atoms with Crippen LogP contribution in [0.3, 0.4) is 0 Å². The average molecular weight is 487 g/mol. The highest BCUT2D eigenvalue weighted by molar-refractivity contribution is 7.90. The second-order valence-corrected chi connectivity index (χ2v) is 9.79. The molecule has 1 aromatic carbocycles. The molecule has 1 amide bonds. The average Bonchev–Trinajstić information content (AvgIpc) is 2.66. The zero-order chi connectivity index (χ0) is 22.9. The molecule has 0 aliphatic carbocycles. The van der Waals surface area contributed by atoms with Gasteiger partial charge in [-0.3, -0.25) is 4.79 Å². The van der Waals surface area contributed by atoms with Crippen molar-refractivity contribution in [2.24, 2.45) is 0 Å². The number of benzene rings is 1. The molecule has 170 valence electrons. The maximum atomic E-state index is 13.7. The second-order valence-electron chi connectivity index (χ2n) is 6.68. The van der Waals surface area contributed by atoms with Gasteiger partial charge >= 0.3 is 5.97 Å². The van der Waals surface area contributed by atoms with Gasteiger partial charge in [0.15, 0.2) is 14.7 Å². The molecule has 0 radical (unpaired) electrons. The molecule has 0 aliphatic rings. The summed E-state index contributed by atoms with van der Waals surface area (Å²) >= 11 is 11.0. The molecule has 0 unspecified atom stereocenters. The molecule has 0 heterocycles. The molecular weight excluding hydrogens is 462 g/mol. The lowest BCUT2D eigenvalue weighted by atomic mass is 10.0. The Bertz CT molecular complexity index is 805. The summed E-state index contributed by atoms with van der Waals surface area (Å²) in [5, 5.41) is 2.28. The summed E-state index contributed by atoms with van der Waals surface area (Å²) < 4.78 is 47.6. The van der Waals surface area contributed by atoms with Crippen LogP contribution in [0.25, 0.3) is 0 Å². The first-order valence-electron chi connectivity index (χ1n) is 8.82. The third-order valence-corrected chi connectivity index (χ3v) is 5.38. The smallest absolute Gasteiger partial charge is 0.332 e. The van der Waals surface area contributed by atoms with E-state index in [1.165, 1.54) is 24.3 Å². The zero-order valence-corrected chi connectivity index (χ0v) is 19.1. The van der Waals surface area contributed by atoms with E-state index in [9.17, 15) is 22.4 Å². The van der Waals surface area contributed by atoms with Gasteiger partial charge in [-0.2, -0.15) is 0 Å². The number of ether oxygens (including phenoxy) is 2. The van der Waals surface area contributed by atoms with E-state index in [-0.39, 0.29) is 23.7 Å². The number of hydrogen-bond donors (Lipinski definition) is 1. The summed E-state index contributed by atoms with van der Waals surface area (Å²) in [4.78, 5) is 24.4. The van der Waals surface area contributed by atoms with Crippen LogP contribution < -0.4 is 5.32 Å². The topological polar surface area (TPSA) is 102 Å². The van der Waals surface area contributed by atoms with Crippen LogP contribution in [0.5, 0.6) is 0 Å². The molecule has 1 rings (SSSR count). The van der Waals surface area contributed by atoms with Crippen molar-refractivity contribution < 1.29 is 31.9 Å². The quantitative estimate of drug-likeness (QED) is 0.271. The molecule has 0 aliphatic heterocycles. The van der Waals surface area contributed by atoms with Crippen LogP contribution >= 0.6 is 23.2 Å². The highest BCUT2D eigenvalue weighted by Gasteiger charge is 2.30. The highest BCUT2D eigenvalue weighted by atomic mass is 35.5. The van der Waals surface area contributed by atoms with E-state index < -0.39 is 45.4 Å². The van der Waals surface area contributed by atoms with Crippen LogP contribution in [-0.4, -0.2) is 82.9 Å². The molecule has 8 nitrogen and oxygen atoms in total. The van der Waals surface area contributed by atoms with E-state index in [4.69, 9.17) is 32.7 Å². The zero-order valence-electron chi connectivity index (χ0n) is 16.8. The molecule has 0 bridgehead atoms. The Balaban J connectivity index is 3.03. The van der Waals surface area contributed by atoms with E-state index in [1.807, 2.05) is 19.0 Å². The summed E-state index contributed by atoms with van der Waals surface area (Å²) in [7, 11) is 0.225. The van der Waals surface area contributed by atoms with Gasteiger partial charge < -0.3 is 19.7 Å². The fraction of sp³-hybridized carbons (Fsp3) is 0.556. The van der Waals surface area contributed by atoms with Gasteiger partial charge in [-0.25, -0.2) is 17.6 Å². The standard InChI is InChI=1S/C18H25Cl2FN2O6S/c1-23(2)8-9-28-11-15(24)29-16(14(10-21)22-18(25)17(19)20)12-4-6-13(7-5-12)30(3,26)27/h4-7,14,16-17H,8-11H2,1-3H3,(H,22,25)/t14-,16-/m1/s1. The molecule has 30 heavy (non-hydrogen) atoms. The van der Waals surface area contributed by atoms with Gasteiger partial charge in [0, 0.05) is 12.8 Å². The van der Waals surface area contributed by atoms with Crippen molar-refractivity contribution in [1.82, 2.24) is 10.2 Å². The van der Waals surface area contributed by atoms with Crippen LogP contribution in [0.4, 0.5) is 4.39 Å². The molecule has 0 spiro atoms. The molecule has 0 aromatic heterocycles. The van der Waals surface area contributed by atoms with E-state index in [2.05, 4.69) is 5.32 Å². The number of alkyl halides is 3. The molecular formula is C18H25Cl2FN2O6S. The van der Waals surface area contributed by atoms with Crippen LogP contribution in [0.15, 0.2) is 29.2 Å². The Labute approximate surface area is 185 Å². The van der Waals surface area contributed by atoms with E-state index in [0.717, 1.165) is 6.26 Å². The fourth-order valence-corrected chi connectivity index (χ4v) is 3.06. The third kappa shape index (κ3) is 9.13. The second kappa shape index (κ2) is 12.4. The normalized spacial score (nSPS) is 13.9. The minimum Gasteiger partial charge on any atom is -0.453 e. The van der Waals surface area contributed by atoms with Crippen molar-refractivity contribution in [2.75, 3.05) is 46.8 Å². The molecule has 0 saturated heterocycles. The van der Waals surface area contributed by atoms with Crippen molar-refractivity contribution >= 4 is 44.9 Å². The Morgan fingerprint density at radius 1 is 1.20 bits per heavy atom. The summed E-state index contributed by atoms with van der Waals surface area (Å²) in [6, 6.07) is 4.03. The number of halogens is 3. The van der Waals surface area contributed by atoms with E-state index in [0.29, 0.717) is 6.54 Å². The number of nitrogens with zero attached hydrogens (tertiary/aromatic N) is 1. The third-order valence-electron chi connectivity index (χ3n) is 3.86. The fourth-order valence-electron chi connectivity index (χ4n) is 2.31. The van der Waals surface area contributed by atoms with Crippen molar-refractivity contribution in [3.63, 3.8) is 0 Å². The molecule has 0 fully saturated rings. The van der Waals surface area contributed by atoms with Crippen LogP contribution in [0, 0.1) is 0 Å². The van der Waals surface area contributed by atoms with Crippen molar-refractivity contribution in [1.29, 1.82) is 0 Å². The minimum atomic E-state index is -3.46. The van der Waals surface area contributed by atoms with Gasteiger partial charge in [-0.1, -0.05) is 35.3 Å². The minimum absolute atomic E-state index is 0.0331. The Morgan fingerprint density at radius 3 is 2.27 bits per heavy atom. The van der Waals surface area contributed by atoms with Gasteiger partial charge in [0.05, 0.1) is 17.5 Å². The Morgan fingerprint density at radius 2 is 1.80 bits per heavy atom. The molecule has 12 heteroatoms. The maximum Gasteiger partial charge on any atom is 0.332 e. The Kier molecular flexibility index (Phi) is 11.0. The maximum absolute atomic E-state index is 13.7. The number of sulfone groups is 1. The summed E-state index contributed by atoms with van der Waals surface area (Å²) in [5.74, 6) is -1.65. The van der Waals surface area contributed by atoms with Gasteiger partial charge in [0.2, 0.25) is 0 Å². The van der Waals surface area contributed by atoms with Gasteiger partial charge in [0.25, 0.3) is 5.91 Å². The lowest BCUT2D eigenvalue weighted by Crippen LogP contribution is -2.44. The number of carbonyl (C=O) groups excluding carboxylic acids is 2. The SMILES string of the molecule is CN(C)CCOCC(=O)O[C@H](c1ccc(S(C)(=O)=O)cc1)[C@@H](CF)NC(=O)C(Cl)Cl. The molecule has 2 atom stereocenters. The number of amides is 1. The Hall–Kier alpha value is -1.46. The summed E-state index contributed by atoms with van der Waals surface area (Å²) in [5.41, 5.74) is 0.271. The van der Waals surface area contributed by atoms with E-state index in [1.54, 1.807) is 0 Å². The molecule has 0 saturated carbocycles. The van der Waals surface area contributed by atoms with Crippen LogP contribution in [0.2, 0.25) is 0 Å². The first-order chi connectivity index (χ1) is 14.0. The van der Waals surface area contributed by atoms with Crippen molar-refractivity contribution in [2.45, 2.75) is 21.9 Å².